The highest BCUT2D eigenvalue weighted by molar-refractivity contribution is 6.32. The largest absolute Gasteiger partial charge is 0.487 e. The standard InChI is InChI=1S/C17H15ClF2N4O3/c1-10-6-7-12(18)15(8-10)26-9-11-13(24-17(25)23(2)21-22-24)4-3-5-14(11)27-16(19)20/h3-8,16H,9H2,1-2H3. The van der Waals surface area contributed by atoms with E-state index in [4.69, 9.17) is 16.3 Å². The molecule has 0 atom stereocenters. The van der Waals surface area contributed by atoms with Crippen molar-refractivity contribution in [3.8, 4) is 17.2 Å². The summed E-state index contributed by atoms with van der Waals surface area (Å²) in [6.45, 7) is -1.36. The van der Waals surface area contributed by atoms with Crippen molar-refractivity contribution >= 4 is 11.6 Å². The number of aromatic nitrogens is 4. The highest BCUT2D eigenvalue weighted by Crippen LogP contribution is 2.30. The molecular formula is C17H15ClF2N4O3. The van der Waals surface area contributed by atoms with Crippen LogP contribution in [0.5, 0.6) is 11.5 Å². The van der Waals surface area contributed by atoms with Crippen LogP contribution >= 0.6 is 11.6 Å². The van der Waals surface area contributed by atoms with Crippen molar-refractivity contribution in [2.75, 3.05) is 0 Å². The normalized spacial score (nSPS) is 11.0. The molecule has 1 heterocycles. The third kappa shape index (κ3) is 4.08. The Bertz CT molecular complexity index is 1020. The molecular weight excluding hydrogens is 382 g/mol. The Morgan fingerprint density at radius 2 is 1.96 bits per heavy atom. The molecule has 1 aromatic heterocycles. The van der Waals surface area contributed by atoms with E-state index in [1.807, 2.05) is 13.0 Å². The molecule has 0 fully saturated rings. The van der Waals surface area contributed by atoms with Gasteiger partial charge >= 0.3 is 12.3 Å². The quantitative estimate of drug-likeness (QED) is 0.640. The Labute approximate surface area is 157 Å². The van der Waals surface area contributed by atoms with Crippen LogP contribution in [0.3, 0.4) is 0 Å². The minimum Gasteiger partial charge on any atom is -0.487 e. The van der Waals surface area contributed by atoms with Crippen LogP contribution in [0.15, 0.2) is 41.2 Å². The zero-order valence-corrected chi connectivity index (χ0v) is 15.2. The van der Waals surface area contributed by atoms with Gasteiger partial charge in [0, 0.05) is 7.05 Å². The molecule has 0 amide bonds. The van der Waals surface area contributed by atoms with Gasteiger partial charge in [-0.05, 0) is 47.2 Å². The molecule has 0 saturated carbocycles. The SMILES string of the molecule is Cc1ccc(Cl)c(OCc2c(OC(F)F)cccc2-n2nnn(C)c2=O)c1. The molecule has 0 spiro atoms. The fourth-order valence-corrected chi connectivity index (χ4v) is 2.61. The molecule has 3 rings (SSSR count). The molecule has 0 unspecified atom stereocenters. The van der Waals surface area contributed by atoms with Gasteiger partial charge in [0.1, 0.15) is 18.1 Å². The maximum atomic E-state index is 12.8. The molecule has 0 aliphatic carbocycles. The van der Waals surface area contributed by atoms with E-state index < -0.39 is 12.3 Å². The van der Waals surface area contributed by atoms with Gasteiger partial charge in [-0.25, -0.2) is 4.79 Å². The molecule has 0 bridgehead atoms. The summed E-state index contributed by atoms with van der Waals surface area (Å²) in [6, 6.07) is 9.55. The van der Waals surface area contributed by atoms with E-state index in [9.17, 15) is 13.6 Å². The predicted molar refractivity (Wildman–Crippen MR) is 93.8 cm³/mol. The van der Waals surface area contributed by atoms with Gasteiger partial charge in [-0.1, -0.05) is 23.7 Å². The fraction of sp³-hybridized carbons (Fsp3) is 0.235. The zero-order valence-electron chi connectivity index (χ0n) is 14.4. The lowest BCUT2D eigenvalue weighted by Crippen LogP contribution is -2.23. The number of tetrazole rings is 1. The second-order valence-electron chi connectivity index (χ2n) is 5.65. The smallest absolute Gasteiger partial charge is 0.387 e. The molecule has 27 heavy (non-hydrogen) atoms. The van der Waals surface area contributed by atoms with Crippen molar-refractivity contribution in [2.24, 2.45) is 7.05 Å². The van der Waals surface area contributed by atoms with E-state index in [-0.39, 0.29) is 23.6 Å². The summed E-state index contributed by atoms with van der Waals surface area (Å²) in [4.78, 5) is 12.2. The molecule has 0 aliphatic rings. The number of hydrogen-bond donors (Lipinski definition) is 0. The van der Waals surface area contributed by atoms with Gasteiger partial charge in [-0.3, -0.25) is 0 Å². The van der Waals surface area contributed by atoms with E-state index in [0.29, 0.717) is 10.8 Å². The van der Waals surface area contributed by atoms with Crippen LogP contribution in [0.2, 0.25) is 5.02 Å². The topological polar surface area (TPSA) is 71.2 Å². The van der Waals surface area contributed by atoms with Crippen LogP contribution < -0.4 is 15.2 Å². The number of ether oxygens (including phenoxy) is 2. The van der Waals surface area contributed by atoms with Crippen LogP contribution in [-0.4, -0.2) is 26.4 Å². The minimum absolute atomic E-state index is 0.135. The first-order chi connectivity index (χ1) is 12.9. The van der Waals surface area contributed by atoms with Crippen LogP contribution in [-0.2, 0) is 13.7 Å². The van der Waals surface area contributed by atoms with Gasteiger partial charge in [0.25, 0.3) is 0 Å². The summed E-state index contributed by atoms with van der Waals surface area (Å²) < 4.78 is 37.9. The Morgan fingerprint density at radius 3 is 2.63 bits per heavy atom. The third-order valence-electron chi connectivity index (χ3n) is 3.73. The predicted octanol–water partition coefficient (Wildman–Crippen LogP) is 3.11. The first kappa shape index (κ1) is 18.8. The zero-order chi connectivity index (χ0) is 19.6. The first-order valence-corrected chi connectivity index (χ1v) is 8.19. The van der Waals surface area contributed by atoms with Crippen LogP contribution in [0.4, 0.5) is 8.78 Å². The van der Waals surface area contributed by atoms with E-state index >= 15 is 0 Å². The molecule has 0 aliphatic heterocycles. The van der Waals surface area contributed by atoms with Crippen molar-refractivity contribution in [1.82, 2.24) is 19.8 Å². The Balaban J connectivity index is 2.04. The average molecular weight is 397 g/mol. The highest BCUT2D eigenvalue weighted by atomic mass is 35.5. The van der Waals surface area contributed by atoms with Crippen LogP contribution in [0.1, 0.15) is 11.1 Å². The maximum Gasteiger partial charge on any atom is 0.387 e. The minimum atomic E-state index is -3.04. The van der Waals surface area contributed by atoms with E-state index in [0.717, 1.165) is 14.9 Å². The van der Waals surface area contributed by atoms with Crippen LogP contribution in [0.25, 0.3) is 5.69 Å². The first-order valence-electron chi connectivity index (χ1n) is 7.82. The fourth-order valence-electron chi connectivity index (χ4n) is 2.44. The number of nitrogens with zero attached hydrogens (tertiary/aromatic N) is 4. The van der Waals surface area contributed by atoms with Gasteiger partial charge in [0.2, 0.25) is 0 Å². The maximum absolute atomic E-state index is 12.8. The molecule has 3 aromatic rings. The van der Waals surface area contributed by atoms with Crippen molar-refractivity contribution in [1.29, 1.82) is 0 Å². The van der Waals surface area contributed by atoms with Crippen LogP contribution in [0, 0.1) is 6.92 Å². The van der Waals surface area contributed by atoms with E-state index in [2.05, 4.69) is 15.2 Å². The van der Waals surface area contributed by atoms with Gasteiger partial charge in [-0.2, -0.15) is 18.1 Å². The number of benzene rings is 2. The summed E-state index contributed by atoms with van der Waals surface area (Å²) in [5.74, 6) is 0.241. The average Bonchev–Trinajstić information content (AvgIpc) is 2.95. The van der Waals surface area contributed by atoms with Crippen molar-refractivity contribution in [3.63, 3.8) is 0 Å². The third-order valence-corrected chi connectivity index (χ3v) is 4.05. The lowest BCUT2D eigenvalue weighted by molar-refractivity contribution is -0.0508. The number of rotatable bonds is 6. The molecule has 0 saturated heterocycles. The molecule has 142 valence electrons. The van der Waals surface area contributed by atoms with Crippen molar-refractivity contribution < 1.29 is 18.3 Å². The number of aryl methyl sites for hydroxylation is 2. The number of alkyl halides is 2. The van der Waals surface area contributed by atoms with Gasteiger partial charge in [-0.15, -0.1) is 0 Å². The van der Waals surface area contributed by atoms with Crippen molar-refractivity contribution in [3.05, 3.63) is 63.0 Å². The Kier molecular flexibility index (Phi) is 5.41. The Hall–Kier alpha value is -2.94. The lowest BCUT2D eigenvalue weighted by Gasteiger charge is -2.16. The van der Waals surface area contributed by atoms with Gasteiger partial charge in [0.15, 0.2) is 0 Å². The second-order valence-corrected chi connectivity index (χ2v) is 6.06. The Morgan fingerprint density at radius 1 is 1.19 bits per heavy atom. The lowest BCUT2D eigenvalue weighted by atomic mass is 10.1. The molecule has 0 N–H and O–H groups in total. The van der Waals surface area contributed by atoms with Gasteiger partial charge < -0.3 is 9.47 Å². The summed E-state index contributed by atoms with van der Waals surface area (Å²) in [5.41, 5.74) is 0.795. The highest BCUT2D eigenvalue weighted by Gasteiger charge is 2.19. The van der Waals surface area contributed by atoms with E-state index in [1.54, 1.807) is 12.1 Å². The second kappa shape index (κ2) is 7.75. The van der Waals surface area contributed by atoms with Gasteiger partial charge in [0.05, 0.1) is 16.3 Å². The monoisotopic (exact) mass is 396 g/mol. The molecule has 10 heteroatoms. The summed E-state index contributed by atoms with van der Waals surface area (Å²) in [5, 5.41) is 7.75. The van der Waals surface area contributed by atoms with E-state index in [1.165, 1.54) is 25.2 Å². The molecule has 7 nitrogen and oxygen atoms in total. The number of hydrogen-bond acceptors (Lipinski definition) is 5. The summed E-state index contributed by atoms with van der Waals surface area (Å²) in [7, 11) is 1.42. The molecule has 2 aromatic carbocycles. The molecule has 0 radical (unpaired) electrons. The summed E-state index contributed by atoms with van der Waals surface area (Å²) in [6.07, 6.45) is 0. The number of halogens is 3. The van der Waals surface area contributed by atoms with Crippen molar-refractivity contribution in [2.45, 2.75) is 20.1 Å². The summed E-state index contributed by atoms with van der Waals surface area (Å²) >= 11 is 6.11.